The van der Waals surface area contributed by atoms with Gasteiger partial charge in [0, 0.05) is 17.2 Å². The third-order valence-electron chi connectivity index (χ3n) is 4.48. The largest absolute Gasteiger partial charge is 0.497 e. The fourth-order valence-corrected chi connectivity index (χ4v) is 3.35. The molecule has 0 saturated carbocycles. The third-order valence-corrected chi connectivity index (χ3v) is 4.48. The number of ether oxygens (including phenoxy) is 5. The molecular weight excluding hydrogens is 296 g/mol. The second-order valence-corrected chi connectivity index (χ2v) is 5.58. The molecule has 5 heteroatoms. The van der Waals surface area contributed by atoms with Crippen LogP contribution in [0.4, 0.5) is 0 Å². The number of methoxy groups -OCH3 is 3. The van der Waals surface area contributed by atoms with Gasteiger partial charge in [0.25, 0.3) is 0 Å². The Balaban J connectivity index is 1.78. The summed E-state index contributed by atoms with van der Waals surface area (Å²) in [6, 6.07) is 9.80. The Bertz CT molecular complexity index is 755. The van der Waals surface area contributed by atoms with Gasteiger partial charge < -0.3 is 23.7 Å². The van der Waals surface area contributed by atoms with Crippen molar-refractivity contribution >= 4 is 0 Å². The summed E-state index contributed by atoms with van der Waals surface area (Å²) in [6.07, 6.45) is -0.0827. The van der Waals surface area contributed by atoms with E-state index in [0.717, 1.165) is 22.6 Å². The van der Waals surface area contributed by atoms with Crippen molar-refractivity contribution in [2.75, 3.05) is 27.9 Å². The molecule has 0 fully saturated rings. The van der Waals surface area contributed by atoms with Gasteiger partial charge in [-0.2, -0.15) is 0 Å². The Kier molecular flexibility index (Phi) is 3.22. The van der Waals surface area contributed by atoms with Gasteiger partial charge in [0.15, 0.2) is 11.5 Å². The molecule has 0 aromatic heterocycles. The van der Waals surface area contributed by atoms with E-state index in [1.165, 1.54) is 0 Å². The number of fused-ring (bicyclic) bond motifs is 5. The van der Waals surface area contributed by atoms with Crippen LogP contribution < -0.4 is 23.7 Å². The first-order valence-corrected chi connectivity index (χ1v) is 7.49. The normalized spacial score (nSPS) is 20.5. The first kappa shape index (κ1) is 14.1. The minimum atomic E-state index is -0.0827. The Morgan fingerprint density at radius 3 is 2.52 bits per heavy atom. The highest BCUT2D eigenvalue weighted by Crippen LogP contribution is 2.55. The molecule has 0 saturated heterocycles. The molecule has 0 radical (unpaired) electrons. The van der Waals surface area contributed by atoms with Gasteiger partial charge in [-0.05, 0) is 18.2 Å². The molecule has 23 heavy (non-hydrogen) atoms. The molecule has 4 rings (SSSR count). The van der Waals surface area contributed by atoms with Gasteiger partial charge in [0.05, 0.1) is 33.9 Å². The average molecular weight is 314 g/mol. The van der Waals surface area contributed by atoms with Crippen molar-refractivity contribution in [3.63, 3.8) is 0 Å². The van der Waals surface area contributed by atoms with E-state index in [1.807, 2.05) is 30.3 Å². The van der Waals surface area contributed by atoms with Crippen LogP contribution in [0, 0.1) is 0 Å². The molecule has 2 heterocycles. The van der Waals surface area contributed by atoms with Gasteiger partial charge in [-0.15, -0.1) is 0 Å². The van der Waals surface area contributed by atoms with E-state index in [-0.39, 0.29) is 12.0 Å². The van der Waals surface area contributed by atoms with Crippen LogP contribution >= 0.6 is 0 Å². The molecule has 0 amide bonds. The van der Waals surface area contributed by atoms with Crippen LogP contribution in [-0.2, 0) is 0 Å². The molecule has 0 spiro atoms. The first-order chi connectivity index (χ1) is 11.3. The van der Waals surface area contributed by atoms with E-state index in [9.17, 15) is 0 Å². The molecular formula is C18H18O5. The topological polar surface area (TPSA) is 46.2 Å². The molecule has 0 N–H and O–H groups in total. The zero-order chi connectivity index (χ0) is 16.0. The fraction of sp³-hybridized carbons (Fsp3) is 0.333. The van der Waals surface area contributed by atoms with E-state index in [4.69, 9.17) is 23.7 Å². The predicted molar refractivity (Wildman–Crippen MR) is 84.1 cm³/mol. The van der Waals surface area contributed by atoms with Crippen molar-refractivity contribution in [3.05, 3.63) is 41.5 Å². The van der Waals surface area contributed by atoms with Crippen LogP contribution in [0.5, 0.6) is 28.7 Å². The van der Waals surface area contributed by atoms with Crippen LogP contribution in [-0.4, -0.2) is 27.9 Å². The van der Waals surface area contributed by atoms with Crippen LogP contribution in [0.25, 0.3) is 0 Å². The van der Waals surface area contributed by atoms with Crippen LogP contribution in [0.2, 0.25) is 0 Å². The van der Waals surface area contributed by atoms with Crippen molar-refractivity contribution in [2.24, 2.45) is 0 Å². The number of rotatable bonds is 3. The quantitative estimate of drug-likeness (QED) is 0.869. The predicted octanol–water partition coefficient (Wildman–Crippen LogP) is 3.32. The zero-order valence-electron chi connectivity index (χ0n) is 13.3. The standard InChI is InChI=1S/C18H18O5/c1-19-10-4-5-11-13-9-22-17-12(16(13)23-15(11)8-10)6-7-14(20-2)18(17)21-3/h4-8,13,16H,9H2,1-3H3. The Morgan fingerprint density at radius 2 is 1.78 bits per heavy atom. The molecule has 2 aliphatic heterocycles. The van der Waals surface area contributed by atoms with Crippen molar-refractivity contribution in [1.82, 2.24) is 0 Å². The number of benzene rings is 2. The highest BCUT2D eigenvalue weighted by molar-refractivity contribution is 5.60. The van der Waals surface area contributed by atoms with Crippen LogP contribution in [0.3, 0.4) is 0 Å². The lowest BCUT2D eigenvalue weighted by atomic mass is 9.89. The summed E-state index contributed by atoms with van der Waals surface area (Å²) in [4.78, 5) is 0. The van der Waals surface area contributed by atoms with Gasteiger partial charge in [-0.3, -0.25) is 0 Å². The molecule has 5 nitrogen and oxygen atoms in total. The molecule has 2 aliphatic rings. The van der Waals surface area contributed by atoms with Gasteiger partial charge in [0.1, 0.15) is 17.6 Å². The summed E-state index contributed by atoms with van der Waals surface area (Å²) >= 11 is 0. The minimum Gasteiger partial charge on any atom is -0.497 e. The van der Waals surface area contributed by atoms with E-state index < -0.39 is 0 Å². The Hall–Kier alpha value is -2.56. The smallest absolute Gasteiger partial charge is 0.203 e. The van der Waals surface area contributed by atoms with E-state index in [1.54, 1.807) is 21.3 Å². The second-order valence-electron chi connectivity index (χ2n) is 5.58. The molecule has 2 unspecified atom stereocenters. The van der Waals surface area contributed by atoms with Crippen LogP contribution in [0.1, 0.15) is 23.1 Å². The van der Waals surface area contributed by atoms with Crippen molar-refractivity contribution in [1.29, 1.82) is 0 Å². The van der Waals surface area contributed by atoms with Crippen molar-refractivity contribution in [2.45, 2.75) is 12.0 Å². The summed E-state index contributed by atoms with van der Waals surface area (Å²) in [6.45, 7) is 0.542. The Labute approximate surface area is 134 Å². The lowest BCUT2D eigenvalue weighted by molar-refractivity contribution is 0.135. The SMILES string of the molecule is COc1ccc2c(c1)OC1c3ccc(OC)c(OC)c3OCC21. The molecule has 0 bridgehead atoms. The summed E-state index contributed by atoms with van der Waals surface area (Å²) in [7, 11) is 4.88. The van der Waals surface area contributed by atoms with Crippen LogP contribution in [0.15, 0.2) is 30.3 Å². The summed E-state index contributed by atoms with van der Waals surface area (Å²) in [5.74, 6) is 3.78. The van der Waals surface area contributed by atoms with Gasteiger partial charge in [-0.25, -0.2) is 0 Å². The van der Waals surface area contributed by atoms with Crippen molar-refractivity contribution < 1.29 is 23.7 Å². The molecule has 0 aliphatic carbocycles. The lowest BCUT2D eigenvalue weighted by Crippen LogP contribution is -2.23. The van der Waals surface area contributed by atoms with E-state index in [2.05, 4.69) is 0 Å². The van der Waals surface area contributed by atoms with Gasteiger partial charge in [-0.1, -0.05) is 6.07 Å². The maximum Gasteiger partial charge on any atom is 0.203 e. The van der Waals surface area contributed by atoms with Gasteiger partial charge >= 0.3 is 0 Å². The van der Waals surface area contributed by atoms with E-state index in [0.29, 0.717) is 23.9 Å². The minimum absolute atomic E-state index is 0.0827. The summed E-state index contributed by atoms with van der Waals surface area (Å²) in [5, 5.41) is 0. The maximum absolute atomic E-state index is 6.20. The van der Waals surface area contributed by atoms with Crippen molar-refractivity contribution in [3.8, 4) is 28.7 Å². The maximum atomic E-state index is 6.20. The monoisotopic (exact) mass is 314 g/mol. The highest BCUT2D eigenvalue weighted by atomic mass is 16.5. The average Bonchev–Trinajstić information content (AvgIpc) is 2.98. The summed E-state index contributed by atoms with van der Waals surface area (Å²) < 4.78 is 28.3. The molecule has 2 aromatic rings. The Morgan fingerprint density at radius 1 is 0.957 bits per heavy atom. The second kappa shape index (κ2) is 5.26. The summed E-state index contributed by atoms with van der Waals surface area (Å²) in [5.41, 5.74) is 2.13. The third kappa shape index (κ3) is 2.00. The fourth-order valence-electron chi connectivity index (χ4n) is 3.35. The molecule has 2 atom stereocenters. The zero-order valence-corrected chi connectivity index (χ0v) is 13.3. The van der Waals surface area contributed by atoms with E-state index >= 15 is 0 Å². The van der Waals surface area contributed by atoms with Gasteiger partial charge in [0.2, 0.25) is 5.75 Å². The highest BCUT2D eigenvalue weighted by Gasteiger charge is 2.42. The lowest BCUT2D eigenvalue weighted by Gasteiger charge is -2.29. The number of hydrogen-bond acceptors (Lipinski definition) is 5. The molecule has 2 aromatic carbocycles. The molecule has 120 valence electrons. The number of hydrogen-bond donors (Lipinski definition) is 0. The first-order valence-electron chi connectivity index (χ1n) is 7.49.